The predicted molar refractivity (Wildman–Crippen MR) is 122 cm³/mol. The van der Waals surface area contributed by atoms with Crippen LogP contribution < -0.4 is 10.6 Å². The van der Waals surface area contributed by atoms with Gasteiger partial charge < -0.3 is 20.8 Å². The first-order chi connectivity index (χ1) is 16.0. The SMILES string of the molecule is CC(C)(C)[C@H](NC(=O)c1nn(Cc2ccc(F)cc2)c2c(F)cccc12)C(=O)NC[C@H](O)CO. The standard InChI is InChI=1S/C24H28F2N4O4/c1-24(2,3)21(23(34)27-11-16(32)13-31)28-22(33)19-17-5-4-6-18(26)20(17)30(29-19)12-14-7-9-15(25)10-8-14/h4-10,16,21,31-32H,11-13H2,1-3H3,(H,27,34)(H,28,33)/t16-,21+/m0/s1. The van der Waals surface area contributed by atoms with E-state index in [1.165, 1.54) is 28.9 Å². The molecule has 0 aliphatic carbocycles. The highest BCUT2D eigenvalue weighted by molar-refractivity contribution is 6.06. The topological polar surface area (TPSA) is 116 Å². The van der Waals surface area contributed by atoms with Gasteiger partial charge in [0.1, 0.15) is 23.2 Å². The van der Waals surface area contributed by atoms with Gasteiger partial charge in [-0.1, -0.05) is 45.0 Å². The van der Waals surface area contributed by atoms with Crippen molar-refractivity contribution in [2.75, 3.05) is 13.2 Å². The van der Waals surface area contributed by atoms with Crippen molar-refractivity contribution < 1.29 is 28.6 Å². The average molecular weight is 475 g/mol. The summed E-state index contributed by atoms with van der Waals surface area (Å²) in [5.41, 5.74) is 0.00557. The molecule has 10 heteroatoms. The lowest BCUT2D eigenvalue weighted by molar-refractivity contribution is -0.125. The number of carbonyl (C=O) groups is 2. The van der Waals surface area contributed by atoms with Crippen molar-refractivity contribution in [3.63, 3.8) is 0 Å². The number of fused-ring (bicyclic) bond motifs is 1. The van der Waals surface area contributed by atoms with E-state index in [0.717, 1.165) is 0 Å². The van der Waals surface area contributed by atoms with Crippen molar-refractivity contribution >= 4 is 22.7 Å². The monoisotopic (exact) mass is 474 g/mol. The normalized spacial score (nSPS) is 13.5. The lowest BCUT2D eigenvalue weighted by Crippen LogP contribution is -2.54. The molecule has 4 N–H and O–H groups in total. The number of aromatic nitrogens is 2. The summed E-state index contributed by atoms with van der Waals surface area (Å²) in [6.07, 6.45) is -1.13. The number of benzene rings is 2. The molecule has 2 atom stereocenters. The molecule has 0 spiro atoms. The molecular formula is C24H28F2N4O4. The number of aliphatic hydroxyl groups is 2. The quantitative estimate of drug-likeness (QED) is 0.398. The Bertz CT molecular complexity index is 1170. The van der Waals surface area contributed by atoms with Crippen LogP contribution in [-0.4, -0.2) is 57.1 Å². The van der Waals surface area contributed by atoms with Gasteiger partial charge in [-0.05, 0) is 29.2 Å². The lowest BCUT2D eigenvalue weighted by atomic mass is 9.86. The van der Waals surface area contributed by atoms with E-state index in [4.69, 9.17) is 5.11 Å². The number of nitrogens with one attached hydrogen (secondary N) is 2. The summed E-state index contributed by atoms with van der Waals surface area (Å²) in [5.74, 6) is -2.20. The Labute approximate surface area is 195 Å². The van der Waals surface area contributed by atoms with Crippen LogP contribution in [0.3, 0.4) is 0 Å². The van der Waals surface area contributed by atoms with Gasteiger partial charge in [-0.15, -0.1) is 0 Å². The zero-order chi connectivity index (χ0) is 25.0. The Kier molecular flexibility index (Phi) is 7.63. The van der Waals surface area contributed by atoms with Crippen LogP contribution in [0.4, 0.5) is 8.78 Å². The zero-order valence-electron chi connectivity index (χ0n) is 19.2. The molecule has 0 saturated heterocycles. The molecule has 0 bridgehead atoms. The molecule has 2 aromatic carbocycles. The minimum absolute atomic E-state index is 0.0611. The van der Waals surface area contributed by atoms with Gasteiger partial charge in [-0.2, -0.15) is 5.10 Å². The molecule has 1 heterocycles. The van der Waals surface area contributed by atoms with Crippen LogP contribution in [0.2, 0.25) is 0 Å². The van der Waals surface area contributed by atoms with Crippen LogP contribution >= 0.6 is 0 Å². The molecule has 0 radical (unpaired) electrons. The van der Waals surface area contributed by atoms with Crippen LogP contribution in [0, 0.1) is 17.0 Å². The van der Waals surface area contributed by atoms with Crippen molar-refractivity contribution in [1.82, 2.24) is 20.4 Å². The Morgan fingerprint density at radius 1 is 1.12 bits per heavy atom. The minimum atomic E-state index is -1.13. The molecular weight excluding hydrogens is 446 g/mol. The number of hydrogen-bond acceptors (Lipinski definition) is 5. The molecule has 0 aliphatic rings. The van der Waals surface area contributed by atoms with Gasteiger partial charge in [0.15, 0.2) is 5.69 Å². The van der Waals surface area contributed by atoms with E-state index in [1.54, 1.807) is 39.0 Å². The van der Waals surface area contributed by atoms with Crippen molar-refractivity contribution in [3.05, 3.63) is 65.4 Å². The summed E-state index contributed by atoms with van der Waals surface area (Å²) in [5, 5.41) is 28.2. The van der Waals surface area contributed by atoms with Gasteiger partial charge in [-0.3, -0.25) is 14.3 Å². The average Bonchev–Trinajstić information content (AvgIpc) is 3.15. The molecule has 0 unspecified atom stereocenters. The molecule has 0 aliphatic heterocycles. The maximum absolute atomic E-state index is 14.7. The summed E-state index contributed by atoms with van der Waals surface area (Å²) in [6.45, 7) is 4.67. The number of rotatable bonds is 8. The van der Waals surface area contributed by atoms with Crippen LogP contribution in [0.25, 0.3) is 10.9 Å². The summed E-state index contributed by atoms with van der Waals surface area (Å²) >= 11 is 0. The second kappa shape index (κ2) is 10.3. The van der Waals surface area contributed by atoms with Crippen molar-refractivity contribution in [2.45, 2.75) is 39.5 Å². The number of aliphatic hydroxyl groups excluding tert-OH is 2. The summed E-state index contributed by atoms with van der Waals surface area (Å²) in [7, 11) is 0. The largest absolute Gasteiger partial charge is 0.394 e. The van der Waals surface area contributed by atoms with Gasteiger partial charge in [0.25, 0.3) is 5.91 Å². The third-order valence-electron chi connectivity index (χ3n) is 5.31. The molecule has 3 aromatic rings. The second-order valence-electron chi connectivity index (χ2n) is 9.12. The Hall–Kier alpha value is -3.37. The Morgan fingerprint density at radius 2 is 1.79 bits per heavy atom. The van der Waals surface area contributed by atoms with E-state index in [1.807, 2.05) is 0 Å². The number of para-hydroxylation sites is 1. The maximum atomic E-state index is 14.7. The minimum Gasteiger partial charge on any atom is -0.394 e. The van der Waals surface area contributed by atoms with Crippen molar-refractivity contribution in [1.29, 1.82) is 0 Å². The number of nitrogens with zero attached hydrogens (tertiary/aromatic N) is 2. The van der Waals surface area contributed by atoms with Crippen molar-refractivity contribution in [2.24, 2.45) is 5.41 Å². The maximum Gasteiger partial charge on any atom is 0.273 e. The van der Waals surface area contributed by atoms with Gasteiger partial charge >= 0.3 is 0 Å². The highest BCUT2D eigenvalue weighted by atomic mass is 19.1. The fraction of sp³-hybridized carbons (Fsp3) is 0.375. The molecule has 182 valence electrons. The highest BCUT2D eigenvalue weighted by Crippen LogP contribution is 2.25. The van der Waals surface area contributed by atoms with E-state index in [9.17, 15) is 23.5 Å². The fourth-order valence-corrected chi connectivity index (χ4v) is 3.50. The molecule has 3 rings (SSSR count). The first kappa shape index (κ1) is 25.3. The predicted octanol–water partition coefficient (Wildman–Crippen LogP) is 1.98. The number of hydrogen-bond donors (Lipinski definition) is 4. The van der Waals surface area contributed by atoms with E-state index >= 15 is 0 Å². The second-order valence-corrected chi connectivity index (χ2v) is 9.12. The molecule has 8 nitrogen and oxygen atoms in total. The van der Waals surface area contributed by atoms with Crippen LogP contribution in [0.5, 0.6) is 0 Å². The van der Waals surface area contributed by atoms with Crippen LogP contribution in [0.15, 0.2) is 42.5 Å². The third-order valence-corrected chi connectivity index (χ3v) is 5.31. The molecule has 34 heavy (non-hydrogen) atoms. The fourth-order valence-electron chi connectivity index (χ4n) is 3.50. The highest BCUT2D eigenvalue weighted by Gasteiger charge is 2.34. The number of amides is 2. The van der Waals surface area contributed by atoms with Crippen LogP contribution in [0.1, 0.15) is 36.8 Å². The summed E-state index contributed by atoms with van der Waals surface area (Å²) < 4.78 is 29.3. The number of carbonyl (C=O) groups excluding carboxylic acids is 2. The molecule has 2 amide bonds. The number of halogens is 2. The Morgan fingerprint density at radius 3 is 2.41 bits per heavy atom. The molecule has 0 saturated carbocycles. The Balaban J connectivity index is 1.92. The van der Waals surface area contributed by atoms with Gasteiger partial charge in [-0.25, -0.2) is 8.78 Å². The lowest BCUT2D eigenvalue weighted by Gasteiger charge is -2.30. The van der Waals surface area contributed by atoms with E-state index in [0.29, 0.717) is 5.56 Å². The summed E-state index contributed by atoms with van der Waals surface area (Å²) in [6, 6.07) is 8.93. The van der Waals surface area contributed by atoms with Gasteiger partial charge in [0, 0.05) is 11.9 Å². The van der Waals surface area contributed by atoms with E-state index in [2.05, 4.69) is 15.7 Å². The van der Waals surface area contributed by atoms with Gasteiger partial charge in [0.2, 0.25) is 5.91 Å². The first-order valence-electron chi connectivity index (χ1n) is 10.8. The molecule has 1 aromatic heterocycles. The molecule has 0 fully saturated rings. The van der Waals surface area contributed by atoms with Crippen LogP contribution in [-0.2, 0) is 11.3 Å². The van der Waals surface area contributed by atoms with E-state index < -0.39 is 47.6 Å². The summed E-state index contributed by atoms with van der Waals surface area (Å²) in [4.78, 5) is 25.9. The van der Waals surface area contributed by atoms with Crippen molar-refractivity contribution in [3.8, 4) is 0 Å². The smallest absolute Gasteiger partial charge is 0.273 e. The zero-order valence-corrected chi connectivity index (χ0v) is 19.2. The van der Waals surface area contributed by atoms with Gasteiger partial charge in [0.05, 0.1) is 19.3 Å². The first-order valence-corrected chi connectivity index (χ1v) is 10.8. The van der Waals surface area contributed by atoms with E-state index in [-0.39, 0.29) is 29.7 Å². The third kappa shape index (κ3) is 5.75.